The molecule has 2 aliphatic heterocycles. The lowest BCUT2D eigenvalue weighted by Gasteiger charge is -2.39. The Balaban J connectivity index is 1.54. The maximum atomic E-state index is 13.0. The molecule has 28 heavy (non-hydrogen) atoms. The number of rotatable bonds is 5. The summed E-state index contributed by atoms with van der Waals surface area (Å²) >= 11 is 0. The molecule has 0 radical (unpaired) electrons. The zero-order valence-corrected chi connectivity index (χ0v) is 18.0. The van der Waals surface area contributed by atoms with Crippen molar-refractivity contribution in [1.82, 2.24) is 10.6 Å². The lowest BCUT2D eigenvalue weighted by Crippen LogP contribution is -2.54. The highest BCUT2D eigenvalue weighted by atomic mass is 16.5. The molecule has 2 fully saturated rings. The van der Waals surface area contributed by atoms with E-state index in [9.17, 15) is 4.79 Å². The van der Waals surface area contributed by atoms with Crippen molar-refractivity contribution >= 4 is 11.6 Å². The van der Waals surface area contributed by atoms with Gasteiger partial charge in [-0.25, -0.2) is 0 Å². The number of methoxy groups -OCH3 is 1. The average molecular weight is 388 g/mol. The first-order valence-electron chi connectivity index (χ1n) is 10.7. The molecule has 1 amide bonds. The smallest absolute Gasteiger partial charge is 0.228 e. The van der Waals surface area contributed by atoms with E-state index in [2.05, 4.69) is 60.6 Å². The molecule has 0 unspecified atom stereocenters. The van der Waals surface area contributed by atoms with Gasteiger partial charge in [0.05, 0.1) is 12.0 Å². The number of hydrogen-bond donors (Lipinski definition) is 2. The van der Waals surface area contributed by atoms with Crippen molar-refractivity contribution in [2.75, 3.05) is 44.8 Å². The van der Waals surface area contributed by atoms with Crippen LogP contribution in [0.2, 0.25) is 0 Å². The van der Waals surface area contributed by atoms with Crippen LogP contribution in [0.1, 0.15) is 52.0 Å². The van der Waals surface area contributed by atoms with Gasteiger partial charge in [-0.05, 0) is 61.9 Å². The van der Waals surface area contributed by atoms with Crippen LogP contribution in [0.3, 0.4) is 0 Å². The van der Waals surface area contributed by atoms with E-state index in [0.29, 0.717) is 6.61 Å². The van der Waals surface area contributed by atoms with Crippen LogP contribution in [-0.4, -0.2) is 51.8 Å². The molecule has 0 spiro atoms. The van der Waals surface area contributed by atoms with Gasteiger partial charge >= 0.3 is 0 Å². The number of ether oxygens (including phenoxy) is 1. The van der Waals surface area contributed by atoms with Crippen LogP contribution in [0.5, 0.6) is 0 Å². The van der Waals surface area contributed by atoms with E-state index in [4.69, 9.17) is 4.74 Å². The molecule has 0 aliphatic carbocycles. The number of hydrogen-bond acceptors (Lipinski definition) is 4. The molecule has 2 heterocycles. The number of piperidine rings is 2. The monoisotopic (exact) mass is 387 g/mol. The van der Waals surface area contributed by atoms with Crippen LogP contribution in [-0.2, 0) is 14.9 Å². The van der Waals surface area contributed by atoms with Gasteiger partial charge in [-0.2, -0.15) is 0 Å². The summed E-state index contributed by atoms with van der Waals surface area (Å²) in [6, 6.07) is 9.23. The molecule has 1 aromatic rings. The van der Waals surface area contributed by atoms with Crippen molar-refractivity contribution in [3.63, 3.8) is 0 Å². The second kappa shape index (κ2) is 8.83. The van der Waals surface area contributed by atoms with Gasteiger partial charge in [0.15, 0.2) is 0 Å². The summed E-state index contributed by atoms with van der Waals surface area (Å²) < 4.78 is 5.41. The normalized spacial score (nSPS) is 20.8. The Morgan fingerprint density at radius 1 is 1.18 bits per heavy atom. The Hall–Kier alpha value is -1.59. The molecule has 156 valence electrons. The molecule has 1 aromatic carbocycles. The van der Waals surface area contributed by atoms with Crippen molar-refractivity contribution < 1.29 is 9.53 Å². The van der Waals surface area contributed by atoms with Gasteiger partial charge in [0.1, 0.15) is 0 Å². The van der Waals surface area contributed by atoms with Crippen LogP contribution in [0.25, 0.3) is 0 Å². The quantitative estimate of drug-likeness (QED) is 0.815. The maximum absolute atomic E-state index is 13.0. The Labute approximate surface area is 170 Å². The third-order valence-corrected chi connectivity index (χ3v) is 6.39. The first-order chi connectivity index (χ1) is 13.3. The zero-order valence-electron chi connectivity index (χ0n) is 18.0. The fraction of sp³-hybridized carbons (Fsp3) is 0.696. The number of amides is 1. The SMILES string of the molecule is COCC1(C(=O)NC2CCN(c3ccc(C(C)(C)C)cc3)CC2)CCNCC1. The number of anilines is 1. The van der Waals surface area contributed by atoms with E-state index < -0.39 is 0 Å². The molecule has 0 atom stereocenters. The number of carbonyl (C=O) groups is 1. The summed E-state index contributed by atoms with van der Waals surface area (Å²) in [4.78, 5) is 15.5. The number of nitrogens with zero attached hydrogens (tertiary/aromatic N) is 1. The molecule has 2 N–H and O–H groups in total. The number of carbonyl (C=O) groups excluding carboxylic acids is 1. The van der Waals surface area contributed by atoms with Crippen LogP contribution in [0, 0.1) is 5.41 Å². The highest BCUT2D eigenvalue weighted by Crippen LogP contribution is 2.31. The fourth-order valence-electron chi connectivity index (χ4n) is 4.41. The molecule has 0 saturated carbocycles. The third-order valence-electron chi connectivity index (χ3n) is 6.39. The highest BCUT2D eigenvalue weighted by Gasteiger charge is 2.40. The molecule has 2 aliphatic rings. The second-order valence-corrected chi connectivity index (χ2v) is 9.50. The summed E-state index contributed by atoms with van der Waals surface area (Å²) in [5, 5.41) is 6.69. The Kier molecular flexibility index (Phi) is 6.66. The molecule has 2 saturated heterocycles. The average Bonchev–Trinajstić information content (AvgIpc) is 2.69. The van der Waals surface area contributed by atoms with Gasteiger partial charge in [0.25, 0.3) is 0 Å². The van der Waals surface area contributed by atoms with E-state index in [-0.39, 0.29) is 22.8 Å². The molecule has 5 heteroatoms. The minimum Gasteiger partial charge on any atom is -0.384 e. The van der Waals surface area contributed by atoms with Crippen molar-refractivity contribution in [2.45, 2.75) is 57.9 Å². The van der Waals surface area contributed by atoms with Crippen molar-refractivity contribution in [3.8, 4) is 0 Å². The predicted molar refractivity (Wildman–Crippen MR) is 115 cm³/mol. The van der Waals surface area contributed by atoms with Crippen molar-refractivity contribution in [1.29, 1.82) is 0 Å². The second-order valence-electron chi connectivity index (χ2n) is 9.50. The molecule has 5 nitrogen and oxygen atoms in total. The minimum atomic E-state index is -0.361. The van der Waals surface area contributed by atoms with Crippen LogP contribution >= 0.6 is 0 Å². The van der Waals surface area contributed by atoms with E-state index in [1.54, 1.807) is 7.11 Å². The first-order valence-corrected chi connectivity index (χ1v) is 10.7. The van der Waals surface area contributed by atoms with Crippen LogP contribution in [0.4, 0.5) is 5.69 Å². The largest absolute Gasteiger partial charge is 0.384 e. The van der Waals surface area contributed by atoms with Crippen LogP contribution < -0.4 is 15.5 Å². The summed E-state index contributed by atoms with van der Waals surface area (Å²) in [6.45, 7) is 11.0. The molecular formula is C23H37N3O2. The third kappa shape index (κ3) is 4.87. The Morgan fingerprint density at radius 3 is 2.32 bits per heavy atom. The van der Waals surface area contributed by atoms with E-state index >= 15 is 0 Å². The van der Waals surface area contributed by atoms with E-state index in [0.717, 1.165) is 51.9 Å². The molecule has 0 aromatic heterocycles. The summed E-state index contributed by atoms with van der Waals surface area (Å²) in [6.07, 6.45) is 3.69. The fourth-order valence-corrected chi connectivity index (χ4v) is 4.41. The molecule has 0 bridgehead atoms. The standard InChI is InChI=1S/C23H37N3O2/c1-22(2,3)18-5-7-20(8-6-18)26-15-9-19(10-16-26)25-21(27)23(17-28-4)11-13-24-14-12-23/h5-8,19,24H,9-17H2,1-4H3,(H,25,27). The zero-order chi connectivity index (χ0) is 20.2. The van der Waals surface area contributed by atoms with E-state index in [1.165, 1.54) is 11.3 Å². The van der Waals surface area contributed by atoms with Gasteiger partial charge < -0.3 is 20.3 Å². The minimum absolute atomic E-state index is 0.183. The maximum Gasteiger partial charge on any atom is 0.228 e. The van der Waals surface area contributed by atoms with Gasteiger partial charge in [-0.15, -0.1) is 0 Å². The topological polar surface area (TPSA) is 53.6 Å². The van der Waals surface area contributed by atoms with Crippen molar-refractivity contribution in [3.05, 3.63) is 29.8 Å². The summed E-state index contributed by atoms with van der Waals surface area (Å²) in [5.41, 5.74) is 2.47. The predicted octanol–water partition coefficient (Wildman–Crippen LogP) is 3.09. The lowest BCUT2D eigenvalue weighted by molar-refractivity contribution is -0.137. The van der Waals surface area contributed by atoms with E-state index in [1.807, 2.05) is 0 Å². The number of benzene rings is 1. The Morgan fingerprint density at radius 2 is 1.79 bits per heavy atom. The Bertz CT molecular complexity index is 631. The summed E-state index contributed by atoms with van der Waals surface area (Å²) in [5.74, 6) is 0.184. The van der Waals surface area contributed by atoms with Crippen LogP contribution in [0.15, 0.2) is 24.3 Å². The highest BCUT2D eigenvalue weighted by molar-refractivity contribution is 5.83. The van der Waals surface area contributed by atoms with Gasteiger partial charge in [-0.3, -0.25) is 4.79 Å². The summed E-state index contributed by atoms with van der Waals surface area (Å²) in [7, 11) is 1.69. The van der Waals surface area contributed by atoms with Gasteiger partial charge in [0.2, 0.25) is 5.91 Å². The lowest BCUT2D eigenvalue weighted by atomic mass is 9.78. The van der Waals surface area contributed by atoms with Crippen molar-refractivity contribution in [2.24, 2.45) is 5.41 Å². The number of nitrogens with one attached hydrogen (secondary N) is 2. The van der Waals surface area contributed by atoms with Gasteiger partial charge in [0, 0.05) is 31.9 Å². The molecular weight excluding hydrogens is 350 g/mol. The first kappa shape index (κ1) is 21.1. The molecule has 3 rings (SSSR count). The van der Waals surface area contributed by atoms with Gasteiger partial charge in [-0.1, -0.05) is 32.9 Å².